The number of nitrogens with one attached hydrogen (secondary N) is 1. The number of rotatable bonds is 5. The molecule has 2 aliphatic rings. The highest BCUT2D eigenvalue weighted by molar-refractivity contribution is 5.85. The first-order chi connectivity index (χ1) is 8.67. The van der Waals surface area contributed by atoms with Crippen LogP contribution in [0.25, 0.3) is 0 Å². The van der Waals surface area contributed by atoms with Gasteiger partial charge in [0.2, 0.25) is 0 Å². The van der Waals surface area contributed by atoms with E-state index < -0.39 is 0 Å². The molecule has 1 N–H and O–H groups in total. The molecule has 3 heteroatoms. The minimum Gasteiger partial charge on any atom is -0.358 e. The van der Waals surface area contributed by atoms with Gasteiger partial charge in [0, 0.05) is 32.1 Å². The van der Waals surface area contributed by atoms with Crippen molar-refractivity contribution in [3.63, 3.8) is 0 Å². The van der Waals surface area contributed by atoms with E-state index >= 15 is 0 Å². The van der Waals surface area contributed by atoms with Gasteiger partial charge in [0.15, 0.2) is 0 Å². The van der Waals surface area contributed by atoms with E-state index in [9.17, 15) is 0 Å². The number of nitrogens with zero attached hydrogens (tertiary/aromatic N) is 2. The second kappa shape index (κ2) is 5.70. The highest BCUT2D eigenvalue weighted by Crippen LogP contribution is 2.45. The molecule has 18 heavy (non-hydrogen) atoms. The van der Waals surface area contributed by atoms with Gasteiger partial charge in [-0.25, -0.2) is 0 Å². The topological polar surface area (TPSA) is 30.3 Å². The Bertz CT molecular complexity index is 340. The third-order valence-corrected chi connectivity index (χ3v) is 4.13. The molecule has 0 aromatic heterocycles. The maximum Gasteiger partial charge on any atom is 0.0996 e. The molecule has 1 aliphatic heterocycles. The van der Waals surface area contributed by atoms with Crippen LogP contribution in [0.5, 0.6) is 0 Å². The second-order valence-electron chi connectivity index (χ2n) is 5.44. The summed E-state index contributed by atoms with van der Waals surface area (Å²) >= 11 is 0. The van der Waals surface area contributed by atoms with Crippen LogP contribution < -0.4 is 0 Å². The lowest BCUT2D eigenvalue weighted by molar-refractivity contribution is 0.179. The molecule has 2 atom stereocenters. The number of hydrogen-bond acceptors (Lipinski definition) is 2. The fraction of sp³-hybridized carbons (Fsp3) is 0.667. The van der Waals surface area contributed by atoms with E-state index in [4.69, 9.17) is 5.41 Å². The number of allylic oxidation sites excluding steroid dienone is 2. The van der Waals surface area contributed by atoms with Gasteiger partial charge in [-0.05, 0) is 25.3 Å². The predicted molar refractivity (Wildman–Crippen MR) is 77.0 cm³/mol. The average Bonchev–Trinajstić information content (AvgIpc) is 3.18. The third-order valence-electron chi connectivity index (χ3n) is 4.13. The number of piperazine rings is 1. The molecule has 3 nitrogen and oxygen atoms in total. The summed E-state index contributed by atoms with van der Waals surface area (Å²) in [5.41, 5.74) is 1.11. The Morgan fingerprint density at radius 2 is 1.94 bits per heavy atom. The summed E-state index contributed by atoms with van der Waals surface area (Å²) in [6.07, 6.45) is 4.16. The zero-order valence-electron chi connectivity index (χ0n) is 11.5. The normalized spacial score (nSPS) is 27.9. The first kappa shape index (κ1) is 13.3. The summed E-state index contributed by atoms with van der Waals surface area (Å²) < 4.78 is 0. The molecule has 2 rings (SSSR count). The lowest BCUT2D eigenvalue weighted by Crippen LogP contribution is -2.49. The van der Waals surface area contributed by atoms with Gasteiger partial charge in [0.1, 0.15) is 0 Å². The van der Waals surface area contributed by atoms with Crippen molar-refractivity contribution in [2.24, 2.45) is 11.8 Å². The number of hydrogen-bond donors (Lipinski definition) is 1. The summed E-state index contributed by atoms with van der Waals surface area (Å²) in [7, 11) is 0. The molecule has 1 aliphatic carbocycles. The van der Waals surface area contributed by atoms with Crippen molar-refractivity contribution in [1.82, 2.24) is 9.80 Å². The largest absolute Gasteiger partial charge is 0.358 e. The molecule has 0 spiro atoms. The summed E-state index contributed by atoms with van der Waals surface area (Å²) in [6, 6.07) is 0. The van der Waals surface area contributed by atoms with E-state index in [2.05, 4.69) is 29.9 Å². The smallest absolute Gasteiger partial charge is 0.0996 e. The van der Waals surface area contributed by atoms with Gasteiger partial charge in [-0.15, -0.1) is 0 Å². The molecule has 0 amide bonds. The zero-order chi connectivity index (χ0) is 13.1. The van der Waals surface area contributed by atoms with Gasteiger partial charge in [0.05, 0.1) is 5.84 Å². The molecule has 100 valence electrons. The Hall–Kier alpha value is -1.09. The van der Waals surface area contributed by atoms with Crippen molar-refractivity contribution in [2.75, 3.05) is 32.7 Å². The molecule has 2 fully saturated rings. The molecule has 2 unspecified atom stereocenters. The SMILES string of the molecule is C=CC(=C)C1CC1C(=N)N1CCN(CCC)CC1. The van der Waals surface area contributed by atoms with Gasteiger partial charge in [0.25, 0.3) is 0 Å². The van der Waals surface area contributed by atoms with Crippen LogP contribution in [-0.4, -0.2) is 48.4 Å². The van der Waals surface area contributed by atoms with Crippen molar-refractivity contribution in [1.29, 1.82) is 5.41 Å². The minimum atomic E-state index is 0.410. The first-order valence-corrected chi connectivity index (χ1v) is 7.04. The van der Waals surface area contributed by atoms with E-state index in [-0.39, 0.29) is 0 Å². The summed E-state index contributed by atoms with van der Waals surface area (Å²) in [5.74, 6) is 1.73. The van der Waals surface area contributed by atoms with E-state index in [0.29, 0.717) is 11.8 Å². The number of amidine groups is 1. The lowest BCUT2D eigenvalue weighted by Gasteiger charge is -2.36. The Morgan fingerprint density at radius 1 is 1.28 bits per heavy atom. The van der Waals surface area contributed by atoms with Crippen LogP contribution in [0.15, 0.2) is 24.8 Å². The fourth-order valence-electron chi connectivity index (χ4n) is 2.82. The lowest BCUT2D eigenvalue weighted by atomic mass is 10.1. The third kappa shape index (κ3) is 2.83. The molecule has 1 saturated heterocycles. The van der Waals surface area contributed by atoms with Crippen molar-refractivity contribution in [3.8, 4) is 0 Å². The molecule has 1 saturated carbocycles. The second-order valence-corrected chi connectivity index (χ2v) is 5.44. The van der Waals surface area contributed by atoms with E-state index in [1.165, 1.54) is 13.0 Å². The van der Waals surface area contributed by atoms with Crippen LogP contribution in [0.1, 0.15) is 19.8 Å². The van der Waals surface area contributed by atoms with Crippen molar-refractivity contribution in [3.05, 3.63) is 24.8 Å². The van der Waals surface area contributed by atoms with Gasteiger partial charge in [-0.2, -0.15) is 0 Å². The standard InChI is InChI=1S/C15H25N3/c1-4-6-17-7-9-18(10-8-17)15(16)14-11-13(14)12(3)5-2/h5,13-14,16H,2-4,6-11H2,1H3. The van der Waals surface area contributed by atoms with E-state index in [0.717, 1.165) is 44.0 Å². The highest BCUT2D eigenvalue weighted by Gasteiger charge is 2.43. The Morgan fingerprint density at radius 3 is 2.50 bits per heavy atom. The zero-order valence-corrected chi connectivity index (χ0v) is 11.5. The van der Waals surface area contributed by atoms with Gasteiger partial charge in [-0.1, -0.05) is 31.7 Å². The molecular formula is C15H25N3. The molecule has 0 aromatic rings. The van der Waals surface area contributed by atoms with Crippen molar-refractivity contribution < 1.29 is 0 Å². The Balaban J connectivity index is 1.79. The highest BCUT2D eigenvalue weighted by atomic mass is 15.3. The van der Waals surface area contributed by atoms with Crippen LogP contribution >= 0.6 is 0 Å². The van der Waals surface area contributed by atoms with Crippen molar-refractivity contribution >= 4 is 5.84 Å². The van der Waals surface area contributed by atoms with Crippen molar-refractivity contribution in [2.45, 2.75) is 19.8 Å². The van der Waals surface area contributed by atoms with Gasteiger partial charge < -0.3 is 4.90 Å². The first-order valence-electron chi connectivity index (χ1n) is 7.04. The molecular weight excluding hydrogens is 222 g/mol. The molecule has 0 aromatic carbocycles. The average molecular weight is 247 g/mol. The maximum absolute atomic E-state index is 8.30. The summed E-state index contributed by atoms with van der Waals surface area (Å²) in [5, 5.41) is 8.30. The molecule has 1 heterocycles. The Kier molecular flexibility index (Phi) is 4.23. The quantitative estimate of drug-likeness (QED) is 0.459. The van der Waals surface area contributed by atoms with Crippen LogP contribution in [0, 0.1) is 17.2 Å². The minimum absolute atomic E-state index is 0.410. The van der Waals surface area contributed by atoms with Crippen LogP contribution in [0.3, 0.4) is 0 Å². The van der Waals surface area contributed by atoms with E-state index in [1.807, 2.05) is 6.08 Å². The van der Waals surface area contributed by atoms with Crippen LogP contribution in [-0.2, 0) is 0 Å². The molecule has 0 bridgehead atoms. The fourth-order valence-corrected chi connectivity index (χ4v) is 2.82. The van der Waals surface area contributed by atoms with Gasteiger partial charge in [-0.3, -0.25) is 10.3 Å². The summed E-state index contributed by atoms with van der Waals surface area (Å²) in [4.78, 5) is 4.75. The predicted octanol–water partition coefficient (Wildman–Crippen LogP) is 2.37. The monoisotopic (exact) mass is 247 g/mol. The van der Waals surface area contributed by atoms with Crippen LogP contribution in [0.4, 0.5) is 0 Å². The van der Waals surface area contributed by atoms with Gasteiger partial charge >= 0.3 is 0 Å². The van der Waals surface area contributed by atoms with Crippen LogP contribution in [0.2, 0.25) is 0 Å². The Labute approximate surface area is 111 Å². The molecule has 0 radical (unpaired) electrons. The maximum atomic E-state index is 8.30. The van der Waals surface area contributed by atoms with E-state index in [1.54, 1.807) is 0 Å². The summed E-state index contributed by atoms with van der Waals surface area (Å²) in [6.45, 7) is 15.4.